The summed E-state index contributed by atoms with van der Waals surface area (Å²) in [6, 6.07) is 15.9. The number of nitrogens with one attached hydrogen (secondary N) is 1. The zero-order chi connectivity index (χ0) is 17.8. The highest BCUT2D eigenvalue weighted by molar-refractivity contribution is 6.35. The predicted octanol–water partition coefficient (Wildman–Crippen LogP) is 5.33. The smallest absolute Gasteiger partial charge is 0.271 e. The molecule has 126 valence electrons. The van der Waals surface area contributed by atoms with Crippen LogP contribution in [0.15, 0.2) is 64.1 Å². The number of hydrogen-bond acceptors (Lipinski definition) is 3. The van der Waals surface area contributed by atoms with E-state index in [0.717, 1.165) is 5.56 Å². The molecule has 1 amide bonds. The number of aryl methyl sites for hydroxylation is 1. The molecule has 1 N–H and O–H groups in total. The van der Waals surface area contributed by atoms with Crippen LogP contribution in [0.3, 0.4) is 0 Å². The molecule has 25 heavy (non-hydrogen) atoms. The van der Waals surface area contributed by atoms with Gasteiger partial charge in [0.2, 0.25) is 0 Å². The second-order valence-electron chi connectivity index (χ2n) is 5.39. The zero-order valence-electron chi connectivity index (χ0n) is 13.3. The average molecular weight is 373 g/mol. The van der Waals surface area contributed by atoms with Gasteiger partial charge in [-0.15, -0.1) is 0 Å². The Kier molecular flexibility index (Phi) is 5.22. The Balaban J connectivity index is 1.70. The highest BCUT2D eigenvalue weighted by atomic mass is 35.5. The summed E-state index contributed by atoms with van der Waals surface area (Å²) in [4.78, 5) is 12.0. The van der Waals surface area contributed by atoms with Crippen LogP contribution in [0.1, 0.15) is 21.7 Å². The minimum Gasteiger partial charge on any atom is -0.455 e. The number of halogens is 2. The van der Waals surface area contributed by atoms with Crippen molar-refractivity contribution in [2.24, 2.45) is 5.10 Å². The fourth-order valence-electron chi connectivity index (χ4n) is 2.26. The summed E-state index contributed by atoms with van der Waals surface area (Å²) in [5.74, 6) is 0.763. The second-order valence-corrected chi connectivity index (χ2v) is 6.24. The lowest BCUT2D eigenvalue weighted by molar-refractivity contribution is 0.0955. The molecule has 1 aromatic heterocycles. The molecule has 6 heteroatoms. The maximum absolute atomic E-state index is 12.0. The number of hydrazone groups is 1. The highest BCUT2D eigenvalue weighted by Gasteiger charge is 2.09. The first kappa shape index (κ1) is 17.3. The Morgan fingerprint density at radius 3 is 2.76 bits per heavy atom. The second kappa shape index (κ2) is 7.55. The first-order valence-electron chi connectivity index (χ1n) is 7.48. The van der Waals surface area contributed by atoms with E-state index in [0.29, 0.717) is 32.7 Å². The molecule has 0 fully saturated rings. The molecule has 1 heterocycles. The largest absolute Gasteiger partial charge is 0.455 e. The summed E-state index contributed by atoms with van der Waals surface area (Å²) < 4.78 is 5.67. The van der Waals surface area contributed by atoms with Crippen LogP contribution in [0.4, 0.5) is 0 Å². The first-order chi connectivity index (χ1) is 12.0. The molecule has 0 aliphatic rings. The van der Waals surface area contributed by atoms with Crippen LogP contribution in [-0.2, 0) is 0 Å². The Labute approximate surface area is 155 Å². The summed E-state index contributed by atoms with van der Waals surface area (Å²) in [7, 11) is 0. The van der Waals surface area contributed by atoms with Crippen molar-refractivity contribution in [3.05, 3.63) is 81.5 Å². The number of rotatable bonds is 4. The van der Waals surface area contributed by atoms with Crippen molar-refractivity contribution < 1.29 is 9.21 Å². The molecule has 0 saturated heterocycles. The topological polar surface area (TPSA) is 54.6 Å². The van der Waals surface area contributed by atoms with Gasteiger partial charge in [-0.1, -0.05) is 40.9 Å². The summed E-state index contributed by atoms with van der Waals surface area (Å²) in [6.45, 7) is 1.92. The van der Waals surface area contributed by atoms with Gasteiger partial charge in [-0.05, 0) is 49.4 Å². The molecular formula is C19H14Cl2N2O2. The highest BCUT2D eigenvalue weighted by Crippen LogP contribution is 2.31. The zero-order valence-corrected chi connectivity index (χ0v) is 14.8. The molecule has 2 aromatic carbocycles. The van der Waals surface area contributed by atoms with Gasteiger partial charge in [0.1, 0.15) is 11.5 Å². The molecule has 0 saturated carbocycles. The lowest BCUT2D eigenvalue weighted by Crippen LogP contribution is -2.17. The van der Waals surface area contributed by atoms with E-state index in [4.69, 9.17) is 27.6 Å². The number of nitrogens with zero attached hydrogens (tertiary/aromatic N) is 1. The Hall–Kier alpha value is -2.56. The van der Waals surface area contributed by atoms with Crippen molar-refractivity contribution in [1.29, 1.82) is 0 Å². The molecule has 4 nitrogen and oxygen atoms in total. The Bertz CT molecular complexity index is 948. The first-order valence-corrected chi connectivity index (χ1v) is 8.24. The third kappa shape index (κ3) is 4.29. The maximum Gasteiger partial charge on any atom is 0.271 e. The van der Waals surface area contributed by atoms with E-state index >= 15 is 0 Å². The molecule has 0 radical (unpaired) electrons. The van der Waals surface area contributed by atoms with E-state index in [-0.39, 0.29) is 5.91 Å². The number of carbonyl (C=O) groups excluding carboxylic acids is 1. The minimum absolute atomic E-state index is 0.287. The lowest BCUT2D eigenvalue weighted by atomic mass is 10.1. The SMILES string of the molecule is Cc1cccc(C(=O)N/N=C/c2ccc(-c3cc(Cl)ccc3Cl)o2)c1. The predicted molar refractivity (Wildman–Crippen MR) is 100 cm³/mol. The van der Waals surface area contributed by atoms with Gasteiger partial charge in [-0.3, -0.25) is 4.79 Å². The van der Waals surface area contributed by atoms with Gasteiger partial charge in [-0.2, -0.15) is 5.10 Å². The van der Waals surface area contributed by atoms with Crippen molar-refractivity contribution in [2.75, 3.05) is 0 Å². The number of benzene rings is 2. The normalized spacial score (nSPS) is 11.0. The van der Waals surface area contributed by atoms with E-state index in [1.165, 1.54) is 6.21 Å². The Morgan fingerprint density at radius 1 is 1.12 bits per heavy atom. The van der Waals surface area contributed by atoms with Crippen LogP contribution >= 0.6 is 23.2 Å². The lowest BCUT2D eigenvalue weighted by Gasteiger charge is -2.01. The van der Waals surface area contributed by atoms with Crippen molar-refractivity contribution in [3.8, 4) is 11.3 Å². The number of furan rings is 1. The van der Waals surface area contributed by atoms with Gasteiger partial charge in [0.25, 0.3) is 5.91 Å². The van der Waals surface area contributed by atoms with Gasteiger partial charge in [0.15, 0.2) is 0 Å². The number of amides is 1. The summed E-state index contributed by atoms with van der Waals surface area (Å²) in [5.41, 5.74) is 4.71. The fraction of sp³-hybridized carbons (Fsp3) is 0.0526. The van der Waals surface area contributed by atoms with E-state index in [9.17, 15) is 4.79 Å². The average Bonchev–Trinajstić information content (AvgIpc) is 3.05. The molecule has 0 spiro atoms. The minimum atomic E-state index is -0.287. The Morgan fingerprint density at radius 2 is 1.96 bits per heavy atom. The standard InChI is InChI=1S/C19H14Cl2N2O2/c1-12-3-2-4-13(9-12)19(24)23-22-11-15-6-8-18(25-15)16-10-14(20)5-7-17(16)21/h2-11H,1H3,(H,23,24)/b22-11+. The monoisotopic (exact) mass is 372 g/mol. The van der Waals surface area contributed by atoms with Crippen molar-refractivity contribution >= 4 is 35.3 Å². The molecule has 3 rings (SSSR count). The summed E-state index contributed by atoms with van der Waals surface area (Å²) in [5, 5.41) is 5.02. The molecule has 0 aliphatic heterocycles. The third-order valence-corrected chi connectivity index (χ3v) is 4.02. The van der Waals surface area contributed by atoms with Crippen LogP contribution in [0.2, 0.25) is 10.0 Å². The molecule has 0 atom stereocenters. The van der Waals surface area contributed by atoms with Crippen LogP contribution < -0.4 is 5.43 Å². The third-order valence-electron chi connectivity index (χ3n) is 3.46. The van der Waals surface area contributed by atoms with E-state index in [2.05, 4.69) is 10.5 Å². The number of hydrogen-bond donors (Lipinski definition) is 1. The van der Waals surface area contributed by atoms with Crippen molar-refractivity contribution in [2.45, 2.75) is 6.92 Å². The van der Waals surface area contributed by atoms with Gasteiger partial charge in [-0.25, -0.2) is 5.43 Å². The molecule has 0 unspecified atom stereocenters. The van der Waals surface area contributed by atoms with Crippen LogP contribution in [0, 0.1) is 6.92 Å². The number of carbonyl (C=O) groups is 1. The van der Waals surface area contributed by atoms with Gasteiger partial charge >= 0.3 is 0 Å². The van der Waals surface area contributed by atoms with Gasteiger partial charge in [0.05, 0.1) is 11.2 Å². The molecule has 3 aromatic rings. The van der Waals surface area contributed by atoms with Crippen LogP contribution in [0.5, 0.6) is 0 Å². The van der Waals surface area contributed by atoms with E-state index < -0.39 is 0 Å². The van der Waals surface area contributed by atoms with Crippen molar-refractivity contribution in [1.82, 2.24) is 5.43 Å². The summed E-state index contributed by atoms with van der Waals surface area (Å²) in [6.07, 6.45) is 1.43. The van der Waals surface area contributed by atoms with Gasteiger partial charge in [0, 0.05) is 16.1 Å². The van der Waals surface area contributed by atoms with Gasteiger partial charge < -0.3 is 4.42 Å². The fourth-order valence-corrected chi connectivity index (χ4v) is 2.64. The van der Waals surface area contributed by atoms with Crippen LogP contribution in [0.25, 0.3) is 11.3 Å². The van der Waals surface area contributed by atoms with Crippen molar-refractivity contribution in [3.63, 3.8) is 0 Å². The summed E-state index contributed by atoms with van der Waals surface area (Å²) >= 11 is 12.1. The molecular weight excluding hydrogens is 359 g/mol. The maximum atomic E-state index is 12.0. The quantitative estimate of drug-likeness (QED) is 0.497. The van der Waals surface area contributed by atoms with E-state index in [1.807, 2.05) is 19.1 Å². The molecule has 0 aliphatic carbocycles. The van der Waals surface area contributed by atoms with E-state index in [1.54, 1.807) is 42.5 Å². The molecule has 0 bridgehead atoms. The van der Waals surface area contributed by atoms with Crippen LogP contribution in [-0.4, -0.2) is 12.1 Å².